The summed E-state index contributed by atoms with van der Waals surface area (Å²) in [7, 11) is 1.67. The van der Waals surface area contributed by atoms with Crippen molar-refractivity contribution in [1.82, 2.24) is 14.5 Å². The molecule has 0 saturated carbocycles. The minimum absolute atomic E-state index is 0.0756. The summed E-state index contributed by atoms with van der Waals surface area (Å²) < 4.78 is 7.71. The Labute approximate surface area is 219 Å². The standard InChI is InChI=1S/C24H28ClN3O3.C2H2O4/c1-18(29)20-17-27(24-19(20)7-5-10-23(24)30-2)12-6-11-26-13-15-28(16-14-26)31-22-9-4-3-8-21(22)25;3-1(4)2(5)6/h3-5,7-10,17H,6,11-16H2,1-2H3;(H,3,4)(H,5,6). The van der Waals surface area contributed by atoms with Gasteiger partial charge in [-0.2, -0.15) is 0 Å². The van der Waals surface area contributed by atoms with E-state index in [1.807, 2.05) is 53.7 Å². The second kappa shape index (κ2) is 13.1. The van der Waals surface area contributed by atoms with Crippen LogP contribution in [0.5, 0.6) is 11.5 Å². The lowest BCUT2D eigenvalue weighted by Crippen LogP contribution is -2.47. The van der Waals surface area contributed by atoms with Gasteiger partial charge >= 0.3 is 11.9 Å². The van der Waals surface area contributed by atoms with Crippen LogP contribution >= 0.6 is 11.6 Å². The molecule has 0 unspecified atom stereocenters. The summed E-state index contributed by atoms with van der Waals surface area (Å²) in [6, 6.07) is 13.4. The Hall–Kier alpha value is -3.60. The van der Waals surface area contributed by atoms with Crippen molar-refractivity contribution >= 4 is 40.2 Å². The Balaban J connectivity index is 0.000000568. The molecule has 1 aromatic heterocycles. The van der Waals surface area contributed by atoms with Gasteiger partial charge in [0.15, 0.2) is 11.5 Å². The summed E-state index contributed by atoms with van der Waals surface area (Å²) in [4.78, 5) is 38.7. The van der Waals surface area contributed by atoms with Gasteiger partial charge < -0.3 is 29.3 Å². The molecule has 0 bridgehead atoms. The number of aliphatic carboxylic acids is 2. The molecule has 0 radical (unpaired) electrons. The SMILES string of the molecule is COc1cccc2c(C(C)=O)cn(CCCN3CCN(Oc4ccccc4Cl)CC3)c12.O=C(O)C(=O)O. The first-order valence-electron chi connectivity index (χ1n) is 11.7. The zero-order valence-electron chi connectivity index (χ0n) is 20.7. The van der Waals surface area contributed by atoms with Gasteiger partial charge in [0.25, 0.3) is 0 Å². The average molecular weight is 532 g/mol. The van der Waals surface area contributed by atoms with Gasteiger partial charge in [-0.25, -0.2) is 9.59 Å². The fourth-order valence-corrected chi connectivity index (χ4v) is 4.28. The van der Waals surface area contributed by atoms with Crippen molar-refractivity contribution in [3.63, 3.8) is 0 Å². The number of halogens is 1. The van der Waals surface area contributed by atoms with Gasteiger partial charge in [0.1, 0.15) is 5.75 Å². The zero-order valence-corrected chi connectivity index (χ0v) is 21.5. The van der Waals surface area contributed by atoms with Crippen LogP contribution in [0.4, 0.5) is 0 Å². The molecule has 0 spiro atoms. The fraction of sp³-hybridized carbons (Fsp3) is 0.346. The topological polar surface area (TPSA) is 122 Å². The smallest absolute Gasteiger partial charge is 0.414 e. The predicted molar refractivity (Wildman–Crippen MR) is 138 cm³/mol. The van der Waals surface area contributed by atoms with Crippen LogP contribution in [0, 0.1) is 0 Å². The number of rotatable bonds is 8. The number of hydrogen-bond acceptors (Lipinski definition) is 7. The molecule has 1 saturated heterocycles. The van der Waals surface area contributed by atoms with Crippen LogP contribution in [-0.2, 0) is 16.1 Å². The number of benzene rings is 2. The number of fused-ring (bicyclic) bond motifs is 1. The molecule has 0 atom stereocenters. The molecule has 2 heterocycles. The number of piperazine rings is 1. The van der Waals surface area contributed by atoms with Gasteiger partial charge in [0.2, 0.25) is 0 Å². The van der Waals surface area contributed by atoms with Gasteiger partial charge in [-0.3, -0.25) is 4.79 Å². The van der Waals surface area contributed by atoms with Crippen molar-refractivity contribution < 1.29 is 34.2 Å². The van der Waals surface area contributed by atoms with E-state index in [0.29, 0.717) is 10.8 Å². The van der Waals surface area contributed by atoms with Crippen LogP contribution in [0.3, 0.4) is 0 Å². The van der Waals surface area contributed by atoms with E-state index in [2.05, 4.69) is 9.47 Å². The van der Waals surface area contributed by atoms with Crippen LogP contribution in [0.2, 0.25) is 5.02 Å². The number of hydrogen-bond donors (Lipinski definition) is 2. The number of carbonyl (C=O) groups is 3. The van der Waals surface area contributed by atoms with E-state index >= 15 is 0 Å². The Morgan fingerprint density at radius 3 is 2.16 bits per heavy atom. The third-order valence-corrected chi connectivity index (χ3v) is 6.22. The largest absolute Gasteiger partial charge is 0.495 e. The van der Waals surface area contributed by atoms with Crippen molar-refractivity contribution in [3.05, 3.63) is 59.2 Å². The number of nitrogens with zero attached hydrogens (tertiary/aromatic N) is 3. The number of carboxylic acid groups (broad SMARTS) is 2. The van der Waals surface area contributed by atoms with E-state index in [-0.39, 0.29) is 5.78 Å². The molecule has 2 aromatic carbocycles. The number of hydroxylamine groups is 2. The van der Waals surface area contributed by atoms with Gasteiger partial charge in [-0.05, 0) is 38.1 Å². The van der Waals surface area contributed by atoms with E-state index in [9.17, 15) is 4.79 Å². The molecule has 0 amide bonds. The van der Waals surface area contributed by atoms with E-state index in [1.54, 1.807) is 14.0 Å². The molecule has 4 rings (SSSR count). The number of aromatic nitrogens is 1. The Morgan fingerprint density at radius 1 is 0.919 bits per heavy atom. The van der Waals surface area contributed by atoms with Crippen molar-refractivity contribution in [2.24, 2.45) is 0 Å². The van der Waals surface area contributed by atoms with Crippen molar-refractivity contribution in [2.75, 3.05) is 39.8 Å². The van der Waals surface area contributed by atoms with Crippen LogP contribution in [0.25, 0.3) is 10.9 Å². The first kappa shape index (κ1) is 28.0. The highest BCUT2D eigenvalue weighted by Gasteiger charge is 2.20. The maximum atomic E-state index is 12.1. The van der Waals surface area contributed by atoms with Crippen LogP contribution in [0.15, 0.2) is 48.7 Å². The van der Waals surface area contributed by atoms with E-state index in [0.717, 1.165) is 67.9 Å². The van der Waals surface area contributed by atoms with Gasteiger partial charge in [0.05, 0.1) is 17.6 Å². The highest BCUT2D eigenvalue weighted by atomic mass is 35.5. The number of ether oxygens (including phenoxy) is 1. The second-order valence-electron chi connectivity index (χ2n) is 8.41. The lowest BCUT2D eigenvalue weighted by Gasteiger charge is -2.34. The summed E-state index contributed by atoms with van der Waals surface area (Å²) >= 11 is 6.19. The van der Waals surface area contributed by atoms with E-state index in [1.165, 1.54) is 0 Å². The molecule has 1 fully saturated rings. The van der Waals surface area contributed by atoms with Crippen LogP contribution in [0.1, 0.15) is 23.7 Å². The minimum Gasteiger partial charge on any atom is -0.495 e. The summed E-state index contributed by atoms with van der Waals surface area (Å²) in [6.45, 7) is 6.99. The molecule has 3 aromatic rings. The fourth-order valence-electron chi connectivity index (χ4n) is 4.11. The predicted octanol–water partition coefficient (Wildman–Crippen LogP) is 3.66. The molecular weight excluding hydrogens is 502 g/mol. The number of para-hydroxylation sites is 2. The first-order chi connectivity index (χ1) is 17.7. The minimum atomic E-state index is -1.82. The molecule has 198 valence electrons. The Kier molecular flexibility index (Phi) is 9.90. The molecule has 10 nitrogen and oxygen atoms in total. The molecule has 1 aliphatic rings. The number of carbonyl (C=O) groups excluding carboxylic acids is 1. The third-order valence-electron chi connectivity index (χ3n) is 5.91. The van der Waals surface area contributed by atoms with Crippen molar-refractivity contribution in [2.45, 2.75) is 19.9 Å². The summed E-state index contributed by atoms with van der Waals surface area (Å²) in [6.07, 6.45) is 2.95. The van der Waals surface area contributed by atoms with Crippen LogP contribution < -0.4 is 9.57 Å². The van der Waals surface area contributed by atoms with E-state index in [4.69, 9.17) is 41.0 Å². The number of Topliss-reactive ketones (excluding diaryl/α,β-unsaturated/α-hetero) is 1. The number of carboxylic acids is 2. The third kappa shape index (κ3) is 7.45. The average Bonchev–Trinajstić information content (AvgIpc) is 3.26. The first-order valence-corrected chi connectivity index (χ1v) is 12.1. The summed E-state index contributed by atoms with van der Waals surface area (Å²) in [5.41, 5.74) is 1.74. The normalized spacial score (nSPS) is 14.0. The van der Waals surface area contributed by atoms with E-state index < -0.39 is 11.9 Å². The molecule has 1 aliphatic heterocycles. The zero-order chi connectivity index (χ0) is 26.9. The molecule has 2 N–H and O–H groups in total. The molecule has 11 heteroatoms. The summed E-state index contributed by atoms with van der Waals surface area (Å²) in [5.74, 6) is -2.07. The second-order valence-corrected chi connectivity index (χ2v) is 8.81. The molecule has 0 aliphatic carbocycles. The number of aryl methyl sites for hydroxylation is 1. The lowest BCUT2D eigenvalue weighted by atomic mass is 10.1. The maximum Gasteiger partial charge on any atom is 0.414 e. The lowest BCUT2D eigenvalue weighted by molar-refractivity contribution is -0.159. The van der Waals surface area contributed by atoms with Gasteiger partial charge in [-0.15, -0.1) is 5.06 Å². The van der Waals surface area contributed by atoms with Crippen molar-refractivity contribution in [1.29, 1.82) is 0 Å². The molecular formula is C26H30ClN3O7. The molecule has 37 heavy (non-hydrogen) atoms. The highest BCUT2D eigenvalue weighted by molar-refractivity contribution is 6.32. The Bertz CT molecular complexity index is 1240. The summed E-state index contributed by atoms with van der Waals surface area (Å²) in [5, 5.41) is 18.3. The highest BCUT2D eigenvalue weighted by Crippen LogP contribution is 2.30. The van der Waals surface area contributed by atoms with Crippen LogP contribution in [-0.4, -0.2) is 82.3 Å². The van der Waals surface area contributed by atoms with Gasteiger partial charge in [0, 0.05) is 49.9 Å². The maximum absolute atomic E-state index is 12.1. The number of ketones is 1. The Morgan fingerprint density at radius 2 is 1.57 bits per heavy atom. The van der Waals surface area contributed by atoms with Gasteiger partial charge in [-0.1, -0.05) is 35.9 Å². The number of methoxy groups -OCH3 is 1. The monoisotopic (exact) mass is 531 g/mol. The quantitative estimate of drug-likeness (QED) is 0.331. The van der Waals surface area contributed by atoms with Crippen molar-refractivity contribution in [3.8, 4) is 11.5 Å².